The zero-order valence-electron chi connectivity index (χ0n) is 17.8. The molecule has 0 radical (unpaired) electrons. The molecule has 0 spiro atoms. The summed E-state index contributed by atoms with van der Waals surface area (Å²) in [6.45, 7) is 5.90. The summed E-state index contributed by atoms with van der Waals surface area (Å²) in [6, 6.07) is 4.73. The van der Waals surface area contributed by atoms with Crippen LogP contribution in [0.4, 0.5) is 8.78 Å². The van der Waals surface area contributed by atoms with Gasteiger partial charge in [0.2, 0.25) is 5.91 Å². The third-order valence-corrected chi connectivity index (χ3v) is 5.89. The van der Waals surface area contributed by atoms with Crippen molar-refractivity contribution in [3.63, 3.8) is 0 Å². The van der Waals surface area contributed by atoms with Gasteiger partial charge in [-0.2, -0.15) is 5.10 Å². The van der Waals surface area contributed by atoms with E-state index in [0.717, 1.165) is 24.6 Å². The molecule has 1 amide bonds. The van der Waals surface area contributed by atoms with Gasteiger partial charge in [0.15, 0.2) is 4.96 Å². The maximum atomic E-state index is 14.3. The number of nitrogens with zero attached hydrogens (tertiary/aromatic N) is 4. The number of halogens is 2. The van der Waals surface area contributed by atoms with E-state index in [0.29, 0.717) is 34.3 Å². The lowest BCUT2D eigenvalue weighted by atomic mass is 10.1. The number of carbonyl (C=O) groups excluding carboxylic acids is 1. The summed E-state index contributed by atoms with van der Waals surface area (Å²) in [4.78, 5) is 30.6. The highest BCUT2D eigenvalue weighted by molar-refractivity contribution is 7.15. The molecule has 0 unspecified atom stereocenters. The van der Waals surface area contributed by atoms with E-state index in [1.807, 2.05) is 6.92 Å². The summed E-state index contributed by atoms with van der Waals surface area (Å²) < 4.78 is 30.6. The highest BCUT2D eigenvalue weighted by atomic mass is 32.1. The molecule has 0 atom stereocenters. The Bertz CT molecular complexity index is 1390. The molecule has 3 heterocycles. The Kier molecular flexibility index (Phi) is 5.88. The molecule has 0 bridgehead atoms. The van der Waals surface area contributed by atoms with E-state index in [9.17, 15) is 18.4 Å². The van der Waals surface area contributed by atoms with Gasteiger partial charge in [-0.05, 0) is 38.5 Å². The van der Waals surface area contributed by atoms with Crippen LogP contribution in [0.3, 0.4) is 0 Å². The Morgan fingerprint density at radius 2 is 2.00 bits per heavy atom. The monoisotopic (exact) mass is 457 g/mol. The first-order valence-electron chi connectivity index (χ1n) is 10.1. The number of fused-ring (bicyclic) bond motifs is 1. The topological polar surface area (TPSA) is 81.3 Å². The van der Waals surface area contributed by atoms with Crippen LogP contribution in [-0.4, -0.2) is 31.6 Å². The zero-order chi connectivity index (χ0) is 23.0. The van der Waals surface area contributed by atoms with Gasteiger partial charge in [0, 0.05) is 29.4 Å². The molecule has 1 N–H and O–H groups in total. The Morgan fingerprint density at radius 1 is 1.22 bits per heavy atom. The van der Waals surface area contributed by atoms with E-state index < -0.39 is 11.6 Å². The van der Waals surface area contributed by atoms with Crippen LogP contribution >= 0.6 is 11.3 Å². The number of aromatic nitrogens is 4. The molecule has 32 heavy (non-hydrogen) atoms. The van der Waals surface area contributed by atoms with Gasteiger partial charge in [-0.3, -0.25) is 14.0 Å². The Balaban J connectivity index is 1.82. The van der Waals surface area contributed by atoms with Crippen LogP contribution in [0.2, 0.25) is 0 Å². The third-order valence-electron chi connectivity index (χ3n) is 5.01. The van der Waals surface area contributed by atoms with Crippen molar-refractivity contribution in [3.05, 3.63) is 68.7 Å². The van der Waals surface area contributed by atoms with E-state index in [1.165, 1.54) is 20.4 Å². The summed E-state index contributed by atoms with van der Waals surface area (Å²) in [7, 11) is 0. The first kappa shape index (κ1) is 21.8. The van der Waals surface area contributed by atoms with Crippen molar-refractivity contribution < 1.29 is 13.6 Å². The molecule has 0 aliphatic carbocycles. The molecule has 3 aromatic heterocycles. The fourth-order valence-corrected chi connectivity index (χ4v) is 4.43. The number of thiazole rings is 1. The molecule has 0 aliphatic heterocycles. The molecule has 0 aliphatic rings. The fourth-order valence-electron chi connectivity index (χ4n) is 3.50. The Hall–Kier alpha value is -3.40. The molecule has 4 aromatic rings. The SMILES string of the molecule is CCCNC(=O)Cc1csc2nc(C)c(-c3cc(C)n(-c4cc(F)ccc4F)n3)c(=O)n12. The second-order valence-corrected chi connectivity index (χ2v) is 8.26. The zero-order valence-corrected chi connectivity index (χ0v) is 18.6. The molecule has 0 saturated heterocycles. The standard InChI is InChI=1S/C22H21F2N5O2S/c1-4-7-25-19(30)10-15-11-32-22-26-13(3)20(21(31)28(15)22)17-8-12(2)29(27-17)18-9-14(23)5-6-16(18)24/h5-6,8-9,11H,4,7,10H2,1-3H3,(H,25,30). The van der Waals surface area contributed by atoms with Crippen LogP contribution in [0.5, 0.6) is 0 Å². The minimum absolute atomic E-state index is 0.0477. The van der Waals surface area contributed by atoms with Crippen LogP contribution in [0.25, 0.3) is 21.9 Å². The predicted molar refractivity (Wildman–Crippen MR) is 118 cm³/mol. The van der Waals surface area contributed by atoms with E-state index in [-0.39, 0.29) is 29.1 Å². The lowest BCUT2D eigenvalue weighted by molar-refractivity contribution is -0.120. The average molecular weight is 458 g/mol. The van der Waals surface area contributed by atoms with Gasteiger partial charge < -0.3 is 5.32 Å². The average Bonchev–Trinajstić information content (AvgIpc) is 3.31. The van der Waals surface area contributed by atoms with Crippen molar-refractivity contribution in [3.8, 4) is 16.9 Å². The largest absolute Gasteiger partial charge is 0.356 e. The van der Waals surface area contributed by atoms with Gasteiger partial charge in [0.1, 0.15) is 23.0 Å². The van der Waals surface area contributed by atoms with Gasteiger partial charge >= 0.3 is 0 Å². The molecule has 1 aromatic carbocycles. The number of amides is 1. The van der Waals surface area contributed by atoms with Crippen molar-refractivity contribution >= 4 is 22.2 Å². The van der Waals surface area contributed by atoms with Gasteiger partial charge in [0.05, 0.1) is 17.7 Å². The summed E-state index contributed by atoms with van der Waals surface area (Å²) in [5.41, 5.74) is 1.64. The smallest absolute Gasteiger partial charge is 0.268 e. The maximum absolute atomic E-state index is 14.3. The molecule has 10 heteroatoms. The number of hydrogen-bond donors (Lipinski definition) is 1. The van der Waals surface area contributed by atoms with Crippen LogP contribution in [-0.2, 0) is 11.2 Å². The van der Waals surface area contributed by atoms with Gasteiger partial charge in [-0.25, -0.2) is 18.4 Å². The first-order chi connectivity index (χ1) is 15.3. The second kappa shape index (κ2) is 8.62. The second-order valence-electron chi connectivity index (χ2n) is 7.43. The summed E-state index contributed by atoms with van der Waals surface area (Å²) in [5, 5.41) is 8.92. The minimum atomic E-state index is -0.635. The van der Waals surface area contributed by atoms with Gasteiger partial charge in [-0.1, -0.05) is 6.92 Å². The summed E-state index contributed by atoms with van der Waals surface area (Å²) in [6.07, 6.45) is 0.862. The number of rotatable bonds is 6. The molecule has 0 fully saturated rings. The number of nitrogens with one attached hydrogen (secondary N) is 1. The minimum Gasteiger partial charge on any atom is -0.356 e. The van der Waals surface area contributed by atoms with Gasteiger partial charge in [-0.15, -0.1) is 11.3 Å². The van der Waals surface area contributed by atoms with Crippen molar-refractivity contribution in [2.45, 2.75) is 33.6 Å². The molecule has 0 saturated carbocycles. The van der Waals surface area contributed by atoms with Crippen molar-refractivity contribution in [1.82, 2.24) is 24.5 Å². The number of carbonyl (C=O) groups is 1. The highest BCUT2D eigenvalue weighted by Crippen LogP contribution is 2.24. The van der Waals surface area contributed by atoms with Crippen molar-refractivity contribution in [2.24, 2.45) is 0 Å². The summed E-state index contributed by atoms with van der Waals surface area (Å²) in [5.74, 6) is -1.41. The van der Waals surface area contributed by atoms with E-state index in [2.05, 4.69) is 15.4 Å². The van der Waals surface area contributed by atoms with Gasteiger partial charge in [0.25, 0.3) is 5.56 Å². The van der Waals surface area contributed by atoms with E-state index >= 15 is 0 Å². The van der Waals surface area contributed by atoms with Crippen LogP contribution in [0.15, 0.2) is 34.4 Å². The lowest BCUT2D eigenvalue weighted by Crippen LogP contribution is -2.28. The normalized spacial score (nSPS) is 11.3. The van der Waals surface area contributed by atoms with Crippen LogP contribution in [0.1, 0.15) is 30.4 Å². The van der Waals surface area contributed by atoms with Crippen molar-refractivity contribution in [2.75, 3.05) is 6.54 Å². The number of hydrogen-bond acceptors (Lipinski definition) is 5. The molecule has 7 nitrogen and oxygen atoms in total. The number of benzene rings is 1. The summed E-state index contributed by atoms with van der Waals surface area (Å²) >= 11 is 1.28. The molecular weight excluding hydrogens is 436 g/mol. The lowest BCUT2D eigenvalue weighted by Gasteiger charge is -2.07. The molecule has 166 valence electrons. The fraction of sp³-hybridized carbons (Fsp3) is 0.273. The Labute approximate surface area is 186 Å². The molecule has 4 rings (SSSR count). The van der Waals surface area contributed by atoms with Crippen molar-refractivity contribution in [1.29, 1.82) is 0 Å². The number of aryl methyl sites for hydroxylation is 2. The van der Waals surface area contributed by atoms with Crippen LogP contribution in [0, 0.1) is 25.5 Å². The predicted octanol–water partition coefficient (Wildman–Crippen LogP) is 3.57. The quantitative estimate of drug-likeness (QED) is 0.480. The molecular formula is C22H21F2N5O2S. The van der Waals surface area contributed by atoms with E-state index in [4.69, 9.17) is 0 Å². The Morgan fingerprint density at radius 3 is 2.75 bits per heavy atom. The first-order valence-corrected chi connectivity index (χ1v) is 11.0. The third kappa shape index (κ3) is 3.93. The highest BCUT2D eigenvalue weighted by Gasteiger charge is 2.21. The van der Waals surface area contributed by atoms with Crippen LogP contribution < -0.4 is 10.9 Å². The van der Waals surface area contributed by atoms with E-state index in [1.54, 1.807) is 25.3 Å². The maximum Gasteiger partial charge on any atom is 0.268 e.